The van der Waals surface area contributed by atoms with E-state index in [9.17, 15) is 0 Å². The fourth-order valence-electron chi connectivity index (χ4n) is 1.39. The molecule has 0 aromatic rings. The Kier molecular flexibility index (Phi) is 9.38. The molecule has 5 heteroatoms. The van der Waals surface area contributed by atoms with Crippen molar-refractivity contribution < 1.29 is 17.0 Å². The van der Waals surface area contributed by atoms with Crippen LogP contribution in [0.1, 0.15) is 6.42 Å². The Hall–Kier alpha value is 1.64. The van der Waals surface area contributed by atoms with Gasteiger partial charge in [-0.05, 0) is 18.6 Å². The van der Waals surface area contributed by atoms with Crippen LogP contribution in [0.2, 0.25) is 25.2 Å². The molecular formula is C7H16BrMgNSi2. The van der Waals surface area contributed by atoms with E-state index in [-0.39, 0.29) is 40.0 Å². The molecule has 1 saturated heterocycles. The molecule has 1 aliphatic rings. The molecule has 0 saturated carbocycles. The maximum absolute atomic E-state index is 3.90. The quantitative estimate of drug-likeness (QED) is 0.433. The summed E-state index contributed by atoms with van der Waals surface area (Å²) >= 11 is 0. The van der Waals surface area contributed by atoms with Gasteiger partial charge in [-0.25, -0.2) is 0 Å². The van der Waals surface area contributed by atoms with Crippen molar-refractivity contribution in [3.05, 3.63) is 6.92 Å². The van der Waals surface area contributed by atoms with Gasteiger partial charge < -0.3 is 28.1 Å². The van der Waals surface area contributed by atoms with Gasteiger partial charge in [0.05, 0.1) is 0 Å². The first-order chi connectivity index (χ1) is 4.67. The third kappa shape index (κ3) is 4.23. The van der Waals surface area contributed by atoms with Crippen LogP contribution in [0.5, 0.6) is 0 Å². The first-order valence-corrected chi connectivity index (χ1v) is 8.28. The third-order valence-electron chi connectivity index (χ3n) is 2.15. The monoisotopic (exact) mass is 273 g/mol. The predicted octanol–water partition coefficient (Wildman–Crippen LogP) is -1.61. The number of nitrogens with zero attached hydrogens (tertiary/aromatic N) is 1. The Morgan fingerprint density at radius 3 is 2.42 bits per heavy atom. The molecule has 1 rings (SSSR count). The zero-order valence-corrected chi connectivity index (χ0v) is 13.1. The van der Waals surface area contributed by atoms with Gasteiger partial charge in [0.2, 0.25) is 0 Å². The molecular weight excluding hydrogens is 258 g/mol. The minimum absolute atomic E-state index is 0. The van der Waals surface area contributed by atoms with Crippen molar-refractivity contribution in [3.8, 4) is 0 Å². The summed E-state index contributed by atoms with van der Waals surface area (Å²) in [6.07, 6.45) is 1.09. The second-order valence-corrected chi connectivity index (χ2v) is 9.94. The van der Waals surface area contributed by atoms with Gasteiger partial charge in [-0.2, -0.15) is 6.42 Å². The summed E-state index contributed by atoms with van der Waals surface area (Å²) in [6.45, 7) is 10.1. The zero-order valence-electron chi connectivity index (χ0n) is 8.07. The van der Waals surface area contributed by atoms with Crippen LogP contribution in [0.3, 0.4) is 0 Å². The van der Waals surface area contributed by atoms with Gasteiger partial charge in [0, 0.05) is 0 Å². The summed E-state index contributed by atoms with van der Waals surface area (Å²) in [5.41, 5.74) is 0. The molecule has 2 radical (unpaired) electrons. The number of hydrogen-bond donors (Lipinski definition) is 0. The van der Waals surface area contributed by atoms with Gasteiger partial charge in [-0.3, -0.25) is 0 Å². The van der Waals surface area contributed by atoms with E-state index in [0.717, 1.165) is 16.1 Å². The molecule has 0 aromatic carbocycles. The minimum atomic E-state index is -0.885. The van der Waals surface area contributed by atoms with Crippen molar-refractivity contribution in [1.82, 2.24) is 4.23 Å². The van der Waals surface area contributed by atoms with E-state index in [4.69, 9.17) is 0 Å². The maximum atomic E-state index is 3.90. The largest absolute Gasteiger partial charge is 2.00 e. The molecule has 1 fully saturated rings. The molecule has 1 heterocycles. The van der Waals surface area contributed by atoms with Crippen LogP contribution >= 0.6 is 0 Å². The molecule has 0 unspecified atom stereocenters. The van der Waals surface area contributed by atoms with Gasteiger partial charge in [-0.1, -0.05) is 13.1 Å². The smallest absolute Gasteiger partial charge is 1.00 e. The molecule has 12 heavy (non-hydrogen) atoms. The first-order valence-electron chi connectivity index (χ1n) is 3.97. The van der Waals surface area contributed by atoms with E-state index in [0.29, 0.717) is 0 Å². The van der Waals surface area contributed by atoms with Crippen LogP contribution in [0, 0.1) is 6.92 Å². The van der Waals surface area contributed by atoms with Crippen molar-refractivity contribution in [1.29, 1.82) is 0 Å². The number of rotatable bonds is 2. The topological polar surface area (TPSA) is 3.24 Å². The molecule has 0 atom stereocenters. The number of hydrogen-bond acceptors (Lipinski definition) is 1. The van der Waals surface area contributed by atoms with Gasteiger partial charge in [-0.15, -0.1) is 0 Å². The molecule has 0 bridgehead atoms. The van der Waals surface area contributed by atoms with Crippen LogP contribution < -0.4 is 17.0 Å². The minimum Gasteiger partial charge on any atom is -1.00 e. The van der Waals surface area contributed by atoms with Crippen LogP contribution in [-0.2, 0) is 0 Å². The average Bonchev–Trinajstić information content (AvgIpc) is 2.13. The first kappa shape index (κ1) is 16.1. The summed E-state index contributed by atoms with van der Waals surface area (Å²) in [6, 6.07) is 2.96. The van der Waals surface area contributed by atoms with Crippen LogP contribution in [-0.4, -0.2) is 51.7 Å². The predicted molar refractivity (Wildman–Crippen MR) is 55.3 cm³/mol. The number of halogens is 1. The van der Waals surface area contributed by atoms with Crippen LogP contribution in [0.4, 0.5) is 0 Å². The van der Waals surface area contributed by atoms with Gasteiger partial charge in [0.1, 0.15) is 17.9 Å². The summed E-state index contributed by atoms with van der Waals surface area (Å²) in [4.78, 5) is 0. The normalized spacial score (nSPS) is 21.2. The van der Waals surface area contributed by atoms with Crippen LogP contribution in [0.15, 0.2) is 0 Å². The summed E-state index contributed by atoms with van der Waals surface area (Å²) < 4.78 is 2.71. The standard InChI is InChI=1S/C7H16NSi2.BrH.Mg/c1-4-5-8-9-6-7-10(8,2)3;;/h1,4-7H2,2-3H3;1H;/q-1;;+2/p-1. The second-order valence-electron chi connectivity index (χ2n) is 3.48. The van der Waals surface area contributed by atoms with E-state index < -0.39 is 8.24 Å². The summed E-state index contributed by atoms with van der Waals surface area (Å²) in [5, 5.41) is 0. The van der Waals surface area contributed by atoms with E-state index in [1.165, 1.54) is 18.6 Å². The van der Waals surface area contributed by atoms with Gasteiger partial charge in [0.15, 0.2) is 0 Å². The van der Waals surface area contributed by atoms with Crippen molar-refractivity contribution in [2.24, 2.45) is 0 Å². The van der Waals surface area contributed by atoms with Crippen LogP contribution in [0.25, 0.3) is 0 Å². The molecule has 1 nitrogen and oxygen atoms in total. The Morgan fingerprint density at radius 1 is 1.50 bits per heavy atom. The SMILES string of the molecule is [Br-].[CH2-]CCN1[Si]CC[Si]1(C)C.[Mg+2]. The van der Waals surface area contributed by atoms with Crippen molar-refractivity contribution in [2.45, 2.75) is 31.6 Å². The van der Waals surface area contributed by atoms with E-state index >= 15 is 0 Å². The van der Waals surface area contributed by atoms with Gasteiger partial charge in [0.25, 0.3) is 0 Å². The Balaban J connectivity index is 0. The Labute approximate surface area is 107 Å². The molecule has 66 valence electrons. The summed E-state index contributed by atoms with van der Waals surface area (Å²) in [5.74, 6) is 0. The van der Waals surface area contributed by atoms with E-state index in [1.54, 1.807) is 0 Å². The van der Waals surface area contributed by atoms with E-state index in [2.05, 4.69) is 24.2 Å². The zero-order chi connectivity index (χ0) is 7.61. The molecule has 1 aliphatic heterocycles. The fraction of sp³-hybridized carbons (Fsp3) is 0.857. The molecule has 0 spiro atoms. The molecule has 0 N–H and O–H groups in total. The molecule has 0 aliphatic carbocycles. The third-order valence-corrected chi connectivity index (χ3v) is 9.18. The van der Waals surface area contributed by atoms with E-state index in [1.807, 2.05) is 0 Å². The molecule has 0 aromatic heterocycles. The van der Waals surface area contributed by atoms with Crippen molar-refractivity contribution in [2.75, 3.05) is 6.54 Å². The van der Waals surface area contributed by atoms with Crippen molar-refractivity contribution >= 4 is 41.0 Å². The maximum Gasteiger partial charge on any atom is 2.00 e. The van der Waals surface area contributed by atoms with Gasteiger partial charge >= 0.3 is 23.1 Å². The Morgan fingerprint density at radius 2 is 2.08 bits per heavy atom. The average molecular weight is 275 g/mol. The Bertz CT molecular complexity index is 124. The molecule has 0 amide bonds. The fourth-order valence-corrected chi connectivity index (χ4v) is 8.28. The second kappa shape index (κ2) is 7.00. The summed E-state index contributed by atoms with van der Waals surface area (Å²) in [7, 11) is 0.228. The van der Waals surface area contributed by atoms with Crippen molar-refractivity contribution in [3.63, 3.8) is 0 Å².